The number of primary amides is 1. The van der Waals surface area contributed by atoms with Crippen LogP contribution in [0.3, 0.4) is 0 Å². The zero-order valence-corrected chi connectivity index (χ0v) is 18.9. The van der Waals surface area contributed by atoms with E-state index in [-0.39, 0.29) is 37.4 Å². The first kappa shape index (κ1) is 24.2. The molecule has 9 heteroatoms. The average molecular weight is 457 g/mol. The summed E-state index contributed by atoms with van der Waals surface area (Å²) in [6, 6.07) is 13.0. The van der Waals surface area contributed by atoms with Crippen molar-refractivity contribution in [2.45, 2.75) is 19.4 Å². The van der Waals surface area contributed by atoms with Crippen LogP contribution in [0.2, 0.25) is 0 Å². The fourth-order valence-corrected chi connectivity index (χ4v) is 3.89. The number of hydrogen-bond acceptors (Lipinski definition) is 6. The van der Waals surface area contributed by atoms with E-state index in [9.17, 15) is 18.8 Å². The molecular weight excluding hydrogens is 427 g/mol. The molecule has 1 fully saturated rings. The van der Waals surface area contributed by atoms with E-state index in [1.807, 2.05) is 19.1 Å². The van der Waals surface area contributed by atoms with E-state index in [0.717, 1.165) is 5.69 Å². The van der Waals surface area contributed by atoms with Crippen LogP contribution in [0.4, 0.5) is 15.8 Å². The number of piperazine rings is 1. The summed E-state index contributed by atoms with van der Waals surface area (Å²) in [5.41, 5.74) is 7.29. The summed E-state index contributed by atoms with van der Waals surface area (Å²) < 4.78 is 18.1. The van der Waals surface area contributed by atoms with Crippen molar-refractivity contribution in [2.75, 3.05) is 49.6 Å². The summed E-state index contributed by atoms with van der Waals surface area (Å²) >= 11 is 0. The minimum atomic E-state index is -0.505. The monoisotopic (exact) mass is 456 g/mol. The second-order valence-corrected chi connectivity index (χ2v) is 8.04. The topological polar surface area (TPSA) is 96.2 Å². The maximum atomic E-state index is 13.3. The van der Waals surface area contributed by atoms with Gasteiger partial charge in [0.1, 0.15) is 5.82 Å². The Balaban J connectivity index is 1.64. The van der Waals surface area contributed by atoms with Crippen molar-refractivity contribution >= 4 is 29.2 Å². The molecule has 0 radical (unpaired) electrons. The molecule has 2 aromatic carbocycles. The lowest BCUT2D eigenvalue weighted by Crippen LogP contribution is -2.55. The average Bonchev–Trinajstić information content (AvgIpc) is 2.81. The van der Waals surface area contributed by atoms with Crippen molar-refractivity contribution in [1.82, 2.24) is 4.90 Å². The number of halogens is 1. The van der Waals surface area contributed by atoms with E-state index in [4.69, 9.17) is 10.5 Å². The van der Waals surface area contributed by atoms with Crippen LogP contribution in [0, 0.1) is 5.82 Å². The first-order chi connectivity index (χ1) is 15.8. The fourth-order valence-electron chi connectivity index (χ4n) is 3.89. The van der Waals surface area contributed by atoms with Gasteiger partial charge in [0.25, 0.3) is 0 Å². The number of nitrogens with zero attached hydrogens (tertiary/aromatic N) is 3. The van der Waals surface area contributed by atoms with Crippen molar-refractivity contribution in [1.29, 1.82) is 0 Å². The molecule has 8 nitrogen and oxygen atoms in total. The van der Waals surface area contributed by atoms with Crippen molar-refractivity contribution in [3.05, 3.63) is 59.9 Å². The predicted octanol–water partition coefficient (Wildman–Crippen LogP) is 2.03. The molecule has 1 heterocycles. The Morgan fingerprint density at radius 1 is 1.09 bits per heavy atom. The van der Waals surface area contributed by atoms with Gasteiger partial charge in [-0.15, -0.1) is 0 Å². The van der Waals surface area contributed by atoms with Gasteiger partial charge in [-0.25, -0.2) is 9.18 Å². The molecule has 176 valence electrons. The van der Waals surface area contributed by atoms with Gasteiger partial charge in [0.15, 0.2) is 0 Å². The van der Waals surface area contributed by atoms with Gasteiger partial charge in [0, 0.05) is 50.0 Å². The summed E-state index contributed by atoms with van der Waals surface area (Å²) in [5.74, 6) is -1.45. The normalized spacial score (nSPS) is 16.3. The highest BCUT2D eigenvalue weighted by atomic mass is 19.1. The van der Waals surface area contributed by atoms with E-state index in [1.54, 1.807) is 12.1 Å². The zero-order chi connectivity index (χ0) is 24.0. The number of rotatable bonds is 8. The van der Waals surface area contributed by atoms with Crippen molar-refractivity contribution in [2.24, 2.45) is 5.73 Å². The van der Waals surface area contributed by atoms with Gasteiger partial charge in [-0.3, -0.25) is 14.5 Å². The third-order valence-corrected chi connectivity index (χ3v) is 5.78. The largest absolute Gasteiger partial charge is 0.465 e. The Kier molecular flexibility index (Phi) is 8.00. The smallest absolute Gasteiger partial charge is 0.337 e. The molecule has 33 heavy (non-hydrogen) atoms. The van der Waals surface area contributed by atoms with Crippen LogP contribution in [0.5, 0.6) is 0 Å². The summed E-state index contributed by atoms with van der Waals surface area (Å²) in [7, 11) is 1.35. The van der Waals surface area contributed by atoms with E-state index < -0.39 is 11.7 Å². The lowest BCUT2D eigenvalue weighted by molar-refractivity contribution is -0.120. The Bertz CT molecular complexity index is 981. The number of carbonyl (C=O) groups is 3. The molecule has 1 saturated heterocycles. The van der Waals surface area contributed by atoms with Crippen LogP contribution in [0.25, 0.3) is 0 Å². The first-order valence-corrected chi connectivity index (χ1v) is 10.8. The van der Waals surface area contributed by atoms with Crippen molar-refractivity contribution in [3.8, 4) is 0 Å². The van der Waals surface area contributed by atoms with Crippen molar-refractivity contribution < 1.29 is 23.5 Å². The van der Waals surface area contributed by atoms with Crippen LogP contribution in [-0.4, -0.2) is 68.6 Å². The van der Waals surface area contributed by atoms with E-state index in [0.29, 0.717) is 30.9 Å². The molecule has 1 aliphatic rings. The minimum Gasteiger partial charge on any atom is -0.465 e. The van der Waals surface area contributed by atoms with Crippen LogP contribution >= 0.6 is 0 Å². The van der Waals surface area contributed by atoms with Crippen LogP contribution in [0.15, 0.2) is 48.5 Å². The van der Waals surface area contributed by atoms with E-state index >= 15 is 0 Å². The Morgan fingerprint density at radius 2 is 1.76 bits per heavy atom. The summed E-state index contributed by atoms with van der Waals surface area (Å²) in [6.07, 6.45) is 0.0218. The van der Waals surface area contributed by atoms with Crippen molar-refractivity contribution in [3.63, 3.8) is 0 Å². The molecule has 1 aliphatic heterocycles. The standard InChI is InChI=1S/C24H29FN4O4/c1-17-15-28(20-7-3-18(4-8-20)24(32)33-2)14-13-27(17)16-23(31)29(12-11-22(26)30)21-9-5-19(25)6-10-21/h3-10,17H,11-16H2,1-2H3,(H2,26,30). The number of ether oxygens (including phenoxy) is 1. The van der Waals surface area contributed by atoms with Gasteiger partial charge in [-0.1, -0.05) is 0 Å². The number of methoxy groups -OCH3 is 1. The Hall–Kier alpha value is -3.46. The van der Waals surface area contributed by atoms with Gasteiger partial charge >= 0.3 is 5.97 Å². The lowest BCUT2D eigenvalue weighted by atomic mass is 10.1. The number of esters is 1. The van der Waals surface area contributed by atoms with Gasteiger partial charge in [-0.05, 0) is 55.5 Å². The molecule has 1 unspecified atom stereocenters. The number of anilines is 2. The second kappa shape index (κ2) is 10.9. The van der Waals surface area contributed by atoms with E-state index in [1.165, 1.54) is 36.3 Å². The number of nitrogens with two attached hydrogens (primary N) is 1. The molecule has 1 atom stereocenters. The third-order valence-electron chi connectivity index (χ3n) is 5.78. The van der Waals surface area contributed by atoms with Gasteiger partial charge in [-0.2, -0.15) is 0 Å². The molecule has 2 aromatic rings. The number of carbonyl (C=O) groups excluding carboxylic acids is 3. The summed E-state index contributed by atoms with van der Waals surface area (Å²) in [6.45, 7) is 4.45. The quantitative estimate of drug-likeness (QED) is 0.611. The molecule has 0 aliphatic carbocycles. The maximum absolute atomic E-state index is 13.3. The first-order valence-electron chi connectivity index (χ1n) is 10.8. The number of hydrogen-bond donors (Lipinski definition) is 1. The van der Waals surface area contributed by atoms with Gasteiger partial charge in [0.05, 0.1) is 19.2 Å². The summed E-state index contributed by atoms with van der Waals surface area (Å²) in [4.78, 5) is 41.8. The predicted molar refractivity (Wildman–Crippen MR) is 124 cm³/mol. The highest BCUT2D eigenvalue weighted by molar-refractivity contribution is 5.95. The second-order valence-electron chi connectivity index (χ2n) is 8.04. The molecule has 0 aromatic heterocycles. The van der Waals surface area contributed by atoms with Crippen LogP contribution in [0.1, 0.15) is 23.7 Å². The highest BCUT2D eigenvalue weighted by Crippen LogP contribution is 2.21. The Morgan fingerprint density at radius 3 is 2.33 bits per heavy atom. The molecule has 3 rings (SSSR count). The van der Waals surface area contributed by atoms with Crippen LogP contribution < -0.4 is 15.5 Å². The van der Waals surface area contributed by atoms with E-state index in [2.05, 4.69) is 9.80 Å². The summed E-state index contributed by atoms with van der Waals surface area (Å²) in [5, 5.41) is 0. The van der Waals surface area contributed by atoms with Crippen LogP contribution in [-0.2, 0) is 14.3 Å². The molecule has 2 amide bonds. The molecule has 0 saturated carbocycles. The minimum absolute atomic E-state index is 0.0218. The maximum Gasteiger partial charge on any atom is 0.337 e. The SMILES string of the molecule is COC(=O)c1ccc(N2CCN(CC(=O)N(CCC(N)=O)c3ccc(F)cc3)C(C)C2)cc1. The third kappa shape index (κ3) is 6.29. The molecule has 0 spiro atoms. The zero-order valence-electron chi connectivity index (χ0n) is 18.9. The lowest BCUT2D eigenvalue weighted by Gasteiger charge is -2.41. The van der Waals surface area contributed by atoms with Gasteiger partial charge < -0.3 is 20.3 Å². The Labute approximate surface area is 192 Å². The fraction of sp³-hybridized carbons (Fsp3) is 0.375. The van der Waals surface area contributed by atoms with Gasteiger partial charge in [0.2, 0.25) is 11.8 Å². The molecular formula is C24H29FN4O4. The number of amides is 2. The molecule has 0 bridgehead atoms. The molecule has 2 N–H and O–H groups in total. The highest BCUT2D eigenvalue weighted by Gasteiger charge is 2.28. The number of benzene rings is 2.